The van der Waals surface area contributed by atoms with Gasteiger partial charge in [-0.25, -0.2) is 0 Å². The molecule has 0 spiro atoms. The standard InChI is InChI=1S/C25H20O/c1-2-18-12-8-14-21-23-16-19-11-6-7-13-20(19)22(25(23)26-24(18)21)15-17-9-4-3-5-10-17/h3-14,16H,2,15H2,1H3. The third kappa shape index (κ3) is 2.32. The Morgan fingerprint density at radius 2 is 1.46 bits per heavy atom. The van der Waals surface area contributed by atoms with Crippen molar-refractivity contribution in [3.63, 3.8) is 0 Å². The van der Waals surface area contributed by atoms with Crippen LogP contribution in [0.3, 0.4) is 0 Å². The zero-order valence-corrected chi connectivity index (χ0v) is 14.8. The molecule has 0 unspecified atom stereocenters. The molecule has 0 amide bonds. The molecular formula is C25H20O. The SMILES string of the molecule is CCc1cccc2c1oc1c(Cc3ccccc3)c3ccccc3cc12. The van der Waals surface area contributed by atoms with Gasteiger partial charge in [0.05, 0.1) is 0 Å². The van der Waals surface area contributed by atoms with Crippen LogP contribution >= 0.6 is 0 Å². The van der Waals surface area contributed by atoms with Crippen molar-refractivity contribution in [1.82, 2.24) is 0 Å². The molecule has 0 aliphatic carbocycles. The van der Waals surface area contributed by atoms with Gasteiger partial charge in [0.2, 0.25) is 0 Å². The molecule has 0 saturated heterocycles. The summed E-state index contributed by atoms with van der Waals surface area (Å²) in [6, 6.07) is 28.1. The summed E-state index contributed by atoms with van der Waals surface area (Å²) in [7, 11) is 0. The monoisotopic (exact) mass is 336 g/mol. The molecule has 26 heavy (non-hydrogen) atoms. The van der Waals surface area contributed by atoms with Crippen LogP contribution in [-0.4, -0.2) is 0 Å². The first-order valence-corrected chi connectivity index (χ1v) is 9.24. The number of hydrogen-bond donors (Lipinski definition) is 0. The molecule has 0 N–H and O–H groups in total. The molecule has 0 radical (unpaired) electrons. The lowest BCUT2D eigenvalue weighted by molar-refractivity contribution is 0.659. The van der Waals surface area contributed by atoms with Crippen molar-refractivity contribution in [3.05, 3.63) is 95.6 Å². The molecule has 1 heterocycles. The zero-order chi connectivity index (χ0) is 17.5. The number of rotatable bonds is 3. The summed E-state index contributed by atoms with van der Waals surface area (Å²) in [6.45, 7) is 2.18. The largest absolute Gasteiger partial charge is 0.455 e. The molecule has 4 aromatic carbocycles. The summed E-state index contributed by atoms with van der Waals surface area (Å²) in [5, 5.41) is 5.00. The number of hydrogen-bond acceptors (Lipinski definition) is 1. The summed E-state index contributed by atoms with van der Waals surface area (Å²) < 4.78 is 6.49. The van der Waals surface area contributed by atoms with Gasteiger partial charge in [-0.2, -0.15) is 0 Å². The Morgan fingerprint density at radius 1 is 0.692 bits per heavy atom. The molecule has 0 aliphatic heterocycles. The Morgan fingerprint density at radius 3 is 2.31 bits per heavy atom. The van der Waals surface area contributed by atoms with Gasteiger partial charge in [0.25, 0.3) is 0 Å². The molecule has 0 saturated carbocycles. The minimum Gasteiger partial charge on any atom is -0.455 e. The van der Waals surface area contributed by atoms with Crippen LogP contribution in [0.1, 0.15) is 23.6 Å². The predicted octanol–water partition coefficient (Wildman–Crippen LogP) is 6.89. The minimum absolute atomic E-state index is 0.875. The predicted molar refractivity (Wildman–Crippen MR) is 110 cm³/mol. The number of benzene rings is 4. The van der Waals surface area contributed by atoms with Gasteiger partial charge in [-0.1, -0.05) is 79.7 Å². The fourth-order valence-electron chi connectivity index (χ4n) is 3.99. The number of fused-ring (bicyclic) bond motifs is 4. The van der Waals surface area contributed by atoms with E-state index in [-0.39, 0.29) is 0 Å². The Hall–Kier alpha value is -3.06. The Balaban J connectivity index is 1.89. The van der Waals surface area contributed by atoms with Crippen LogP contribution in [0.5, 0.6) is 0 Å². The normalized spacial score (nSPS) is 11.6. The lowest BCUT2D eigenvalue weighted by Crippen LogP contribution is -1.91. The lowest BCUT2D eigenvalue weighted by Gasteiger charge is -2.08. The maximum atomic E-state index is 6.49. The molecule has 5 aromatic rings. The third-order valence-electron chi connectivity index (χ3n) is 5.30. The molecule has 0 fully saturated rings. The van der Waals surface area contributed by atoms with E-state index in [2.05, 4.69) is 85.8 Å². The zero-order valence-electron chi connectivity index (χ0n) is 14.8. The smallest absolute Gasteiger partial charge is 0.139 e. The quantitative estimate of drug-likeness (QED) is 0.349. The molecule has 0 aliphatic rings. The lowest BCUT2D eigenvalue weighted by atomic mass is 9.95. The Kier molecular flexibility index (Phi) is 3.53. The highest BCUT2D eigenvalue weighted by Crippen LogP contribution is 2.38. The molecule has 0 bridgehead atoms. The Labute approximate surface area is 152 Å². The fourth-order valence-corrected chi connectivity index (χ4v) is 3.99. The molecular weight excluding hydrogens is 316 g/mol. The molecule has 0 atom stereocenters. The van der Waals surface area contributed by atoms with Gasteiger partial charge in [0.1, 0.15) is 11.2 Å². The van der Waals surface area contributed by atoms with Gasteiger partial charge >= 0.3 is 0 Å². The van der Waals surface area contributed by atoms with Crippen molar-refractivity contribution in [2.45, 2.75) is 19.8 Å². The van der Waals surface area contributed by atoms with E-state index in [0.717, 1.165) is 24.0 Å². The van der Waals surface area contributed by atoms with Gasteiger partial charge in [-0.3, -0.25) is 0 Å². The number of furan rings is 1. The van der Waals surface area contributed by atoms with Gasteiger partial charge in [0.15, 0.2) is 0 Å². The van der Waals surface area contributed by atoms with Gasteiger partial charge in [-0.15, -0.1) is 0 Å². The van der Waals surface area contributed by atoms with Crippen molar-refractivity contribution in [2.24, 2.45) is 0 Å². The molecule has 5 rings (SSSR count). The summed E-state index contributed by atoms with van der Waals surface area (Å²) in [4.78, 5) is 0. The van der Waals surface area contributed by atoms with E-state index in [0.29, 0.717) is 0 Å². The van der Waals surface area contributed by atoms with E-state index in [9.17, 15) is 0 Å². The van der Waals surface area contributed by atoms with Crippen LogP contribution in [-0.2, 0) is 12.8 Å². The van der Waals surface area contributed by atoms with Crippen LogP contribution in [0, 0.1) is 0 Å². The maximum Gasteiger partial charge on any atom is 0.139 e. The van der Waals surface area contributed by atoms with E-state index >= 15 is 0 Å². The van der Waals surface area contributed by atoms with Crippen molar-refractivity contribution in [3.8, 4) is 0 Å². The second-order valence-electron chi connectivity index (χ2n) is 6.86. The highest BCUT2D eigenvalue weighted by atomic mass is 16.3. The molecule has 126 valence electrons. The first-order chi connectivity index (χ1) is 12.8. The highest BCUT2D eigenvalue weighted by molar-refractivity contribution is 6.12. The van der Waals surface area contributed by atoms with Gasteiger partial charge in [-0.05, 0) is 34.4 Å². The van der Waals surface area contributed by atoms with Crippen LogP contribution in [0.4, 0.5) is 0 Å². The minimum atomic E-state index is 0.875. The topological polar surface area (TPSA) is 13.1 Å². The summed E-state index contributed by atoms with van der Waals surface area (Å²) >= 11 is 0. The average Bonchev–Trinajstić information content (AvgIpc) is 3.07. The van der Waals surface area contributed by atoms with Crippen LogP contribution in [0.2, 0.25) is 0 Å². The second kappa shape index (κ2) is 6.03. The van der Waals surface area contributed by atoms with Crippen molar-refractivity contribution >= 4 is 32.7 Å². The highest BCUT2D eigenvalue weighted by Gasteiger charge is 2.16. The molecule has 1 nitrogen and oxygen atoms in total. The number of para-hydroxylation sites is 1. The van der Waals surface area contributed by atoms with E-state index in [4.69, 9.17) is 4.42 Å². The van der Waals surface area contributed by atoms with Crippen LogP contribution in [0.15, 0.2) is 83.3 Å². The average molecular weight is 336 g/mol. The van der Waals surface area contributed by atoms with E-state index in [1.807, 2.05) is 0 Å². The summed E-state index contributed by atoms with van der Waals surface area (Å²) in [5.74, 6) is 0. The van der Waals surface area contributed by atoms with Crippen LogP contribution < -0.4 is 0 Å². The third-order valence-corrected chi connectivity index (χ3v) is 5.30. The van der Waals surface area contributed by atoms with Crippen molar-refractivity contribution < 1.29 is 4.42 Å². The molecule has 1 aromatic heterocycles. The Bertz CT molecular complexity index is 1230. The van der Waals surface area contributed by atoms with Crippen molar-refractivity contribution in [1.29, 1.82) is 0 Å². The van der Waals surface area contributed by atoms with E-state index in [1.165, 1.54) is 38.2 Å². The summed E-state index contributed by atoms with van der Waals surface area (Å²) in [5.41, 5.74) is 5.93. The van der Waals surface area contributed by atoms with Gasteiger partial charge < -0.3 is 4.42 Å². The second-order valence-corrected chi connectivity index (χ2v) is 6.86. The van der Waals surface area contributed by atoms with Crippen molar-refractivity contribution in [2.75, 3.05) is 0 Å². The maximum absolute atomic E-state index is 6.49. The first-order valence-electron chi connectivity index (χ1n) is 9.24. The van der Waals surface area contributed by atoms with Gasteiger partial charge in [0, 0.05) is 22.8 Å². The fraction of sp³-hybridized carbons (Fsp3) is 0.120. The first kappa shape index (κ1) is 15.2. The summed E-state index contributed by atoms with van der Waals surface area (Å²) in [6.07, 6.45) is 1.85. The van der Waals surface area contributed by atoms with E-state index in [1.54, 1.807) is 0 Å². The van der Waals surface area contributed by atoms with Crippen LogP contribution in [0.25, 0.3) is 32.7 Å². The molecule has 1 heteroatoms. The number of aryl methyl sites for hydroxylation is 1. The van der Waals surface area contributed by atoms with E-state index < -0.39 is 0 Å².